The van der Waals surface area contributed by atoms with Gasteiger partial charge in [0.2, 0.25) is 0 Å². The van der Waals surface area contributed by atoms with Gasteiger partial charge in [-0.2, -0.15) is 0 Å². The number of carbonyl (C=O) groups excluding carboxylic acids is 1. The van der Waals surface area contributed by atoms with Crippen molar-refractivity contribution >= 4 is 23.4 Å². The molecular formula is C15H15NO2S. The van der Waals surface area contributed by atoms with E-state index in [0.717, 1.165) is 10.6 Å². The Balaban J connectivity index is 2.23. The number of hydrogen-bond acceptors (Lipinski definition) is 4. The van der Waals surface area contributed by atoms with Gasteiger partial charge in [0.05, 0.1) is 0 Å². The summed E-state index contributed by atoms with van der Waals surface area (Å²) in [4.78, 5) is 12.3. The maximum Gasteiger partial charge on any atom is 0.331 e. The lowest BCUT2D eigenvalue weighted by atomic mass is 9.97. The zero-order valence-corrected chi connectivity index (χ0v) is 11.7. The molecule has 3 nitrogen and oxygen atoms in total. The lowest BCUT2D eigenvalue weighted by Gasteiger charge is -2.29. The number of hydrogen-bond donors (Lipinski definition) is 1. The SMILES string of the molecule is C#C[C@H](Nc1ccccc1SC)[C@@]1(C)C=CC(=O)O1. The number of thioether (sulfide) groups is 1. The van der Waals surface area contributed by atoms with Gasteiger partial charge in [-0.1, -0.05) is 18.1 Å². The van der Waals surface area contributed by atoms with Gasteiger partial charge >= 0.3 is 5.97 Å². The van der Waals surface area contributed by atoms with Gasteiger partial charge < -0.3 is 10.1 Å². The Labute approximate surface area is 117 Å². The van der Waals surface area contributed by atoms with Crippen LogP contribution in [0.5, 0.6) is 0 Å². The smallest absolute Gasteiger partial charge is 0.331 e. The molecule has 1 aliphatic rings. The molecule has 1 aliphatic heterocycles. The van der Waals surface area contributed by atoms with Crippen LogP contribution >= 0.6 is 11.8 Å². The zero-order chi connectivity index (χ0) is 13.9. The first-order valence-corrected chi connectivity index (χ1v) is 7.09. The van der Waals surface area contributed by atoms with Crippen molar-refractivity contribution in [2.75, 3.05) is 11.6 Å². The highest BCUT2D eigenvalue weighted by Crippen LogP contribution is 2.30. The number of rotatable bonds is 4. The molecule has 0 bridgehead atoms. The second kappa shape index (κ2) is 5.41. The second-order valence-electron chi connectivity index (χ2n) is 4.38. The van der Waals surface area contributed by atoms with Crippen molar-refractivity contribution in [1.29, 1.82) is 0 Å². The van der Waals surface area contributed by atoms with E-state index in [9.17, 15) is 4.79 Å². The molecule has 0 unspecified atom stereocenters. The fourth-order valence-electron chi connectivity index (χ4n) is 1.94. The fraction of sp³-hybridized carbons (Fsp3) is 0.267. The lowest BCUT2D eigenvalue weighted by Crippen LogP contribution is -2.43. The van der Waals surface area contributed by atoms with Crippen LogP contribution in [-0.4, -0.2) is 23.9 Å². The summed E-state index contributed by atoms with van der Waals surface area (Å²) in [6, 6.07) is 7.47. The van der Waals surface area contributed by atoms with Gasteiger partial charge in [-0.05, 0) is 31.4 Å². The quantitative estimate of drug-likeness (QED) is 0.520. The molecule has 0 amide bonds. The standard InChI is InChI=1S/C15H15NO2S/c1-4-13(15(2)10-9-14(17)18-15)16-11-7-5-6-8-12(11)19-3/h1,5-10,13,16H,2-3H3/t13-,15+/m0/s1. The second-order valence-corrected chi connectivity index (χ2v) is 5.23. The number of nitrogens with one attached hydrogen (secondary N) is 1. The summed E-state index contributed by atoms with van der Waals surface area (Å²) in [5, 5.41) is 3.27. The van der Waals surface area contributed by atoms with Gasteiger partial charge in [0.25, 0.3) is 0 Å². The van der Waals surface area contributed by atoms with Crippen LogP contribution < -0.4 is 5.32 Å². The van der Waals surface area contributed by atoms with E-state index in [1.807, 2.05) is 30.5 Å². The minimum absolute atomic E-state index is 0.359. The number of esters is 1. The number of para-hydroxylation sites is 1. The third-order valence-electron chi connectivity index (χ3n) is 3.02. The number of cyclic esters (lactones) is 1. The Kier molecular flexibility index (Phi) is 3.87. The predicted molar refractivity (Wildman–Crippen MR) is 78.1 cm³/mol. The summed E-state index contributed by atoms with van der Waals surface area (Å²) in [6.45, 7) is 1.80. The fourth-order valence-corrected chi connectivity index (χ4v) is 2.50. The summed E-state index contributed by atoms with van der Waals surface area (Å²) in [7, 11) is 0. The largest absolute Gasteiger partial charge is 0.449 e. The summed E-state index contributed by atoms with van der Waals surface area (Å²) < 4.78 is 5.29. The molecule has 0 aliphatic carbocycles. The molecule has 0 saturated carbocycles. The highest BCUT2D eigenvalue weighted by atomic mass is 32.2. The normalized spacial score (nSPS) is 22.7. The van der Waals surface area contributed by atoms with Gasteiger partial charge in [0.1, 0.15) is 6.04 Å². The van der Waals surface area contributed by atoms with Crippen molar-refractivity contribution in [3.05, 3.63) is 36.4 Å². The van der Waals surface area contributed by atoms with Crippen LogP contribution in [0.15, 0.2) is 41.3 Å². The Morgan fingerprint density at radius 1 is 1.47 bits per heavy atom. The van der Waals surface area contributed by atoms with E-state index in [1.165, 1.54) is 6.08 Å². The first kappa shape index (κ1) is 13.6. The van der Waals surface area contributed by atoms with Crippen LogP contribution in [0.4, 0.5) is 5.69 Å². The van der Waals surface area contributed by atoms with E-state index >= 15 is 0 Å². The van der Waals surface area contributed by atoms with Crippen LogP contribution in [0.2, 0.25) is 0 Å². The summed E-state index contributed by atoms with van der Waals surface area (Å²) in [5.41, 5.74) is 0.132. The number of terminal acetylenes is 1. The molecule has 0 aromatic heterocycles. The molecule has 0 spiro atoms. The van der Waals surface area contributed by atoms with Crippen molar-refractivity contribution in [3.8, 4) is 12.3 Å². The van der Waals surface area contributed by atoms with Gasteiger partial charge in [0.15, 0.2) is 5.60 Å². The highest BCUT2D eigenvalue weighted by Gasteiger charge is 2.38. The number of anilines is 1. The molecule has 1 N–H and O–H groups in total. The van der Waals surface area contributed by atoms with Crippen LogP contribution in [0.3, 0.4) is 0 Å². The molecular weight excluding hydrogens is 258 g/mol. The first-order chi connectivity index (χ1) is 9.09. The molecule has 1 heterocycles. The third kappa shape index (κ3) is 2.77. The summed E-state index contributed by atoms with van der Waals surface area (Å²) >= 11 is 1.63. The average molecular weight is 273 g/mol. The first-order valence-electron chi connectivity index (χ1n) is 5.87. The Hall–Kier alpha value is -1.86. The van der Waals surface area contributed by atoms with Gasteiger partial charge in [-0.25, -0.2) is 4.79 Å². The van der Waals surface area contributed by atoms with Crippen LogP contribution in [0.25, 0.3) is 0 Å². The van der Waals surface area contributed by atoms with Gasteiger partial charge in [-0.3, -0.25) is 0 Å². The number of ether oxygens (including phenoxy) is 1. The van der Waals surface area contributed by atoms with Crippen LogP contribution in [-0.2, 0) is 9.53 Å². The molecule has 2 rings (SSSR count). The van der Waals surface area contributed by atoms with Gasteiger partial charge in [0, 0.05) is 16.7 Å². The lowest BCUT2D eigenvalue weighted by molar-refractivity contribution is -0.144. The molecule has 0 fully saturated rings. The molecule has 2 atom stereocenters. The minimum atomic E-state index is -0.808. The van der Waals surface area contributed by atoms with Crippen molar-refractivity contribution in [2.24, 2.45) is 0 Å². The zero-order valence-electron chi connectivity index (χ0n) is 10.8. The Bertz CT molecular complexity index is 562. The predicted octanol–water partition coefficient (Wildman–Crippen LogP) is 2.69. The van der Waals surface area contributed by atoms with Crippen molar-refractivity contribution in [3.63, 3.8) is 0 Å². The van der Waals surface area contributed by atoms with Crippen molar-refractivity contribution < 1.29 is 9.53 Å². The maximum absolute atomic E-state index is 11.2. The van der Waals surface area contributed by atoms with E-state index in [2.05, 4.69) is 11.2 Å². The van der Waals surface area contributed by atoms with E-state index < -0.39 is 11.6 Å². The molecule has 0 radical (unpaired) electrons. The average Bonchev–Trinajstić information content (AvgIpc) is 2.77. The van der Waals surface area contributed by atoms with E-state index in [1.54, 1.807) is 24.8 Å². The van der Waals surface area contributed by atoms with Crippen molar-refractivity contribution in [1.82, 2.24) is 0 Å². The monoisotopic (exact) mass is 273 g/mol. The molecule has 0 saturated heterocycles. The molecule has 1 aromatic rings. The van der Waals surface area contributed by atoms with Crippen molar-refractivity contribution in [2.45, 2.75) is 23.5 Å². The summed E-state index contributed by atoms with van der Waals surface area (Å²) in [5.74, 6) is 2.30. The third-order valence-corrected chi connectivity index (χ3v) is 3.81. The molecule has 98 valence electrons. The maximum atomic E-state index is 11.2. The molecule has 1 aromatic carbocycles. The van der Waals surface area contributed by atoms with Crippen LogP contribution in [0.1, 0.15) is 6.92 Å². The van der Waals surface area contributed by atoms with E-state index in [-0.39, 0.29) is 5.97 Å². The Morgan fingerprint density at radius 2 is 2.21 bits per heavy atom. The molecule has 19 heavy (non-hydrogen) atoms. The number of carbonyl (C=O) groups is 1. The minimum Gasteiger partial charge on any atom is -0.449 e. The highest BCUT2D eigenvalue weighted by molar-refractivity contribution is 7.98. The van der Waals surface area contributed by atoms with E-state index in [0.29, 0.717) is 0 Å². The summed E-state index contributed by atoms with van der Waals surface area (Å²) in [6.07, 6.45) is 10.7. The van der Waals surface area contributed by atoms with Gasteiger partial charge in [-0.15, -0.1) is 18.2 Å². The van der Waals surface area contributed by atoms with Crippen LogP contribution in [0, 0.1) is 12.3 Å². The molecule has 4 heteroatoms. The van der Waals surface area contributed by atoms with E-state index in [4.69, 9.17) is 11.2 Å². The topological polar surface area (TPSA) is 38.3 Å². The Morgan fingerprint density at radius 3 is 2.79 bits per heavy atom. The number of benzene rings is 1.